The van der Waals surface area contributed by atoms with Gasteiger partial charge in [0.2, 0.25) is 0 Å². The van der Waals surface area contributed by atoms with Gasteiger partial charge in [-0.3, -0.25) is 0 Å². The van der Waals surface area contributed by atoms with Crippen LogP contribution in [0, 0.1) is 16.7 Å². The lowest BCUT2D eigenvalue weighted by Crippen LogP contribution is -3.12. The lowest BCUT2D eigenvalue weighted by molar-refractivity contribution is -0.901. The molecule has 0 saturated heterocycles. The summed E-state index contributed by atoms with van der Waals surface area (Å²) in [6, 6.07) is 0. The van der Waals surface area contributed by atoms with Crippen molar-refractivity contribution < 1.29 is 9.64 Å². The Bertz CT molecular complexity index is 333. The van der Waals surface area contributed by atoms with Crippen LogP contribution in [0.3, 0.4) is 0 Å². The van der Waals surface area contributed by atoms with Gasteiger partial charge in [-0.25, -0.2) is 0 Å². The van der Waals surface area contributed by atoms with Crippen molar-refractivity contribution >= 4 is 0 Å². The maximum Gasteiger partial charge on any atom is 0.101 e. The standard InChI is InChI=1S/C20H39NO/c1-6-8-12-21(13-9-7-2)14-15-22-18-16-17-10-11-20(18,5)19(17,3)4/h17-18H,6-16H2,1-5H3/p+1/t17-,18-,20-/m1/s1. The number of fused-ring (bicyclic) bond motifs is 2. The number of nitrogens with one attached hydrogen (secondary N) is 1. The highest BCUT2D eigenvalue weighted by Gasteiger charge is 2.61. The first-order valence-corrected chi connectivity index (χ1v) is 9.90. The lowest BCUT2D eigenvalue weighted by atomic mass is 9.70. The van der Waals surface area contributed by atoms with Crippen LogP contribution in [0.25, 0.3) is 0 Å². The Balaban J connectivity index is 1.78. The molecule has 0 unspecified atom stereocenters. The maximum absolute atomic E-state index is 6.45. The molecule has 0 aromatic heterocycles. The highest BCUT2D eigenvalue weighted by atomic mass is 16.5. The second-order valence-electron chi connectivity index (χ2n) is 8.68. The molecule has 0 amide bonds. The number of hydrogen-bond acceptors (Lipinski definition) is 1. The van der Waals surface area contributed by atoms with Gasteiger partial charge in [0.25, 0.3) is 0 Å². The van der Waals surface area contributed by atoms with Gasteiger partial charge in [0, 0.05) is 0 Å². The van der Waals surface area contributed by atoms with Gasteiger partial charge >= 0.3 is 0 Å². The van der Waals surface area contributed by atoms with Crippen molar-refractivity contribution in [3.8, 4) is 0 Å². The number of ether oxygens (including phenoxy) is 1. The molecule has 130 valence electrons. The van der Waals surface area contributed by atoms with Crippen LogP contribution in [0.4, 0.5) is 0 Å². The summed E-state index contributed by atoms with van der Waals surface area (Å²) in [5.41, 5.74) is 0.902. The summed E-state index contributed by atoms with van der Waals surface area (Å²) in [6.45, 7) is 16.9. The summed E-state index contributed by atoms with van der Waals surface area (Å²) in [5, 5.41) is 0. The van der Waals surface area contributed by atoms with Crippen LogP contribution in [-0.2, 0) is 4.74 Å². The van der Waals surface area contributed by atoms with Crippen molar-refractivity contribution in [1.82, 2.24) is 0 Å². The van der Waals surface area contributed by atoms with Gasteiger partial charge < -0.3 is 9.64 Å². The van der Waals surface area contributed by atoms with Crippen LogP contribution in [0.2, 0.25) is 0 Å². The van der Waals surface area contributed by atoms with Crippen LogP contribution in [0.15, 0.2) is 0 Å². The van der Waals surface area contributed by atoms with E-state index in [1.54, 1.807) is 4.90 Å². The van der Waals surface area contributed by atoms with Crippen LogP contribution in [-0.4, -0.2) is 32.3 Å². The Morgan fingerprint density at radius 3 is 2.09 bits per heavy atom. The SMILES string of the molecule is CCCC[NH+](CCCC)CCO[C@@H]1C[C@H]2CC[C@@]1(C)C2(C)C. The molecule has 2 heteroatoms. The summed E-state index contributed by atoms with van der Waals surface area (Å²) in [6.07, 6.45) is 9.96. The van der Waals surface area contributed by atoms with Gasteiger partial charge in [0.15, 0.2) is 0 Å². The van der Waals surface area contributed by atoms with Crippen LogP contribution in [0.1, 0.15) is 79.6 Å². The molecular weight excluding hydrogens is 270 g/mol. The molecule has 1 N–H and O–H groups in total. The normalized spacial score (nSPS) is 33.0. The molecular formula is C20H40NO+. The molecule has 3 atom stereocenters. The fraction of sp³-hybridized carbons (Fsp3) is 1.00. The van der Waals surface area contributed by atoms with Gasteiger partial charge in [0.1, 0.15) is 6.54 Å². The van der Waals surface area contributed by atoms with E-state index in [4.69, 9.17) is 4.74 Å². The monoisotopic (exact) mass is 310 g/mol. The maximum atomic E-state index is 6.45. The van der Waals surface area contributed by atoms with E-state index in [0.29, 0.717) is 16.9 Å². The molecule has 0 spiro atoms. The Labute approximate surface area is 139 Å². The fourth-order valence-corrected chi connectivity index (χ4v) is 4.96. The summed E-state index contributed by atoms with van der Waals surface area (Å²) < 4.78 is 6.45. The topological polar surface area (TPSA) is 13.7 Å². The Morgan fingerprint density at radius 1 is 1.00 bits per heavy atom. The van der Waals surface area contributed by atoms with Gasteiger partial charge in [-0.15, -0.1) is 0 Å². The molecule has 0 aromatic rings. The summed E-state index contributed by atoms with van der Waals surface area (Å²) in [7, 11) is 0. The Hall–Kier alpha value is -0.0800. The zero-order chi connectivity index (χ0) is 16.2. The first-order valence-electron chi connectivity index (χ1n) is 9.90. The number of rotatable bonds is 10. The van der Waals surface area contributed by atoms with Crippen LogP contribution >= 0.6 is 0 Å². The molecule has 2 fully saturated rings. The molecule has 0 heterocycles. The average molecular weight is 311 g/mol. The van der Waals surface area contributed by atoms with E-state index in [1.165, 1.54) is 64.6 Å². The third-order valence-electron chi connectivity index (χ3n) is 7.26. The van der Waals surface area contributed by atoms with Crippen molar-refractivity contribution in [3.05, 3.63) is 0 Å². The van der Waals surface area contributed by atoms with Gasteiger partial charge in [-0.05, 0) is 48.9 Å². The molecule has 2 rings (SSSR count). The summed E-state index contributed by atoms with van der Waals surface area (Å²) >= 11 is 0. The van der Waals surface area contributed by atoms with Crippen molar-refractivity contribution in [2.24, 2.45) is 16.7 Å². The number of quaternary nitrogens is 1. The number of hydrogen-bond donors (Lipinski definition) is 1. The largest absolute Gasteiger partial charge is 0.372 e. The predicted octanol–water partition coefficient (Wildman–Crippen LogP) is 3.70. The predicted molar refractivity (Wildman–Crippen MR) is 94.3 cm³/mol. The van der Waals surface area contributed by atoms with Crippen LogP contribution < -0.4 is 4.90 Å². The average Bonchev–Trinajstić information content (AvgIpc) is 2.82. The number of unbranched alkanes of at least 4 members (excludes halogenated alkanes) is 2. The first kappa shape index (κ1) is 18.3. The Morgan fingerprint density at radius 2 is 1.64 bits per heavy atom. The second kappa shape index (κ2) is 7.66. The third-order valence-corrected chi connectivity index (χ3v) is 7.26. The van der Waals surface area contributed by atoms with E-state index in [1.807, 2.05) is 0 Å². The molecule has 0 aliphatic heterocycles. The highest BCUT2D eigenvalue weighted by Crippen LogP contribution is 2.66. The summed E-state index contributed by atoms with van der Waals surface area (Å²) in [5.74, 6) is 0.895. The van der Waals surface area contributed by atoms with E-state index < -0.39 is 0 Å². The molecule has 2 saturated carbocycles. The smallest absolute Gasteiger partial charge is 0.101 e. The minimum Gasteiger partial charge on any atom is -0.372 e. The van der Waals surface area contributed by atoms with Crippen molar-refractivity contribution in [2.45, 2.75) is 85.7 Å². The van der Waals surface area contributed by atoms with Gasteiger partial charge in [0.05, 0.1) is 25.8 Å². The summed E-state index contributed by atoms with van der Waals surface area (Å²) in [4.78, 5) is 1.76. The van der Waals surface area contributed by atoms with E-state index in [0.717, 1.165) is 12.5 Å². The molecule has 0 aromatic carbocycles. The van der Waals surface area contributed by atoms with Gasteiger partial charge in [-0.2, -0.15) is 0 Å². The quantitative estimate of drug-likeness (QED) is 0.649. The van der Waals surface area contributed by atoms with E-state index in [9.17, 15) is 0 Å². The minimum atomic E-state index is 0.421. The zero-order valence-electron chi connectivity index (χ0n) is 15.8. The molecule has 2 nitrogen and oxygen atoms in total. The molecule has 2 aliphatic rings. The fourth-order valence-electron chi connectivity index (χ4n) is 4.96. The molecule has 22 heavy (non-hydrogen) atoms. The van der Waals surface area contributed by atoms with E-state index >= 15 is 0 Å². The molecule has 2 bridgehead atoms. The van der Waals surface area contributed by atoms with Crippen LogP contribution in [0.5, 0.6) is 0 Å². The van der Waals surface area contributed by atoms with Crippen molar-refractivity contribution in [1.29, 1.82) is 0 Å². The second-order valence-corrected chi connectivity index (χ2v) is 8.68. The lowest BCUT2D eigenvalue weighted by Gasteiger charge is -2.39. The zero-order valence-corrected chi connectivity index (χ0v) is 15.8. The van der Waals surface area contributed by atoms with Gasteiger partial charge in [-0.1, -0.05) is 47.5 Å². The van der Waals surface area contributed by atoms with E-state index in [-0.39, 0.29) is 0 Å². The molecule has 0 radical (unpaired) electrons. The first-order chi connectivity index (χ1) is 10.5. The van der Waals surface area contributed by atoms with E-state index in [2.05, 4.69) is 34.6 Å². The molecule has 2 aliphatic carbocycles. The van der Waals surface area contributed by atoms with Crippen molar-refractivity contribution in [2.75, 3.05) is 26.2 Å². The third kappa shape index (κ3) is 3.53. The highest BCUT2D eigenvalue weighted by molar-refractivity contribution is 5.11. The Kier molecular flexibility index (Phi) is 6.36. The minimum absolute atomic E-state index is 0.421. The van der Waals surface area contributed by atoms with Crippen molar-refractivity contribution in [3.63, 3.8) is 0 Å².